The average Bonchev–Trinajstić information content (AvgIpc) is 3.69. The molecule has 1 aromatic heterocycles. The highest BCUT2D eigenvalue weighted by atomic mass is 16.5. The van der Waals surface area contributed by atoms with Gasteiger partial charge in [-0.1, -0.05) is 0 Å². The van der Waals surface area contributed by atoms with Crippen molar-refractivity contribution >= 4 is 11.6 Å². The number of ether oxygens (including phenoxy) is 1. The van der Waals surface area contributed by atoms with Gasteiger partial charge in [-0.05, 0) is 93.7 Å². The summed E-state index contributed by atoms with van der Waals surface area (Å²) in [6, 6.07) is 6.85. The van der Waals surface area contributed by atoms with E-state index in [9.17, 15) is 9.59 Å². The Hall–Kier alpha value is -2.68. The number of nitrogens with zero attached hydrogens (tertiary/aromatic N) is 2. The van der Waals surface area contributed by atoms with Gasteiger partial charge in [0.2, 0.25) is 0 Å². The van der Waals surface area contributed by atoms with Gasteiger partial charge in [-0.3, -0.25) is 9.59 Å². The second-order valence-corrected chi connectivity index (χ2v) is 11.6. The molecule has 212 valence electrons. The molecule has 2 saturated heterocycles. The van der Waals surface area contributed by atoms with Crippen LogP contribution < -0.4 is 21.1 Å². The van der Waals surface area contributed by atoms with Crippen molar-refractivity contribution in [2.45, 2.75) is 65.5 Å². The van der Waals surface area contributed by atoms with E-state index in [1.54, 1.807) is 0 Å². The second-order valence-electron chi connectivity index (χ2n) is 11.6. The zero-order chi connectivity index (χ0) is 27.5. The molecule has 39 heavy (non-hydrogen) atoms. The van der Waals surface area contributed by atoms with Crippen molar-refractivity contribution in [1.82, 2.24) is 20.5 Å². The van der Waals surface area contributed by atoms with E-state index in [1.807, 2.05) is 19.9 Å². The number of piperazine rings is 1. The summed E-state index contributed by atoms with van der Waals surface area (Å²) in [6.07, 6.45) is 3.18. The van der Waals surface area contributed by atoms with Crippen LogP contribution in [-0.2, 0) is 11.3 Å². The van der Waals surface area contributed by atoms with Gasteiger partial charge in [0, 0.05) is 87.6 Å². The van der Waals surface area contributed by atoms with Crippen LogP contribution in [0.15, 0.2) is 23.0 Å². The number of carbonyl (C=O) groups is 1. The van der Waals surface area contributed by atoms with Crippen LogP contribution in [0.5, 0.6) is 0 Å². The van der Waals surface area contributed by atoms with Gasteiger partial charge in [0.15, 0.2) is 0 Å². The summed E-state index contributed by atoms with van der Waals surface area (Å²) >= 11 is 0. The summed E-state index contributed by atoms with van der Waals surface area (Å²) in [5, 5.41) is 6.52. The number of nitrogens with one attached hydrogen (secondary N) is 3. The predicted molar refractivity (Wildman–Crippen MR) is 156 cm³/mol. The molecular weight excluding hydrogens is 490 g/mol. The van der Waals surface area contributed by atoms with E-state index in [1.165, 1.54) is 17.7 Å². The van der Waals surface area contributed by atoms with Crippen molar-refractivity contribution in [1.29, 1.82) is 0 Å². The molecule has 2 unspecified atom stereocenters. The van der Waals surface area contributed by atoms with Crippen molar-refractivity contribution < 1.29 is 9.53 Å². The first-order chi connectivity index (χ1) is 18.9. The Morgan fingerprint density at radius 1 is 1.13 bits per heavy atom. The zero-order valence-corrected chi connectivity index (χ0v) is 24.1. The fourth-order valence-electron chi connectivity index (χ4n) is 6.54. The standard InChI is InChI=1S/C31H45N5O3/c1-5-36(25-6-12-39-13-7-25)29-17-23(27-16-24(27)19-35-10-8-32-9-11-35)15-26(22(29)4)30(37)33-18-28-20(2)14-21(3)34-31(28)38/h14-15,17,24-25,27,32H,5-13,16,18-19H2,1-4H3,(H,33,37)(H,34,38). The van der Waals surface area contributed by atoms with E-state index < -0.39 is 0 Å². The molecule has 2 aliphatic heterocycles. The maximum Gasteiger partial charge on any atom is 0.253 e. The Balaban J connectivity index is 1.41. The zero-order valence-electron chi connectivity index (χ0n) is 24.1. The number of benzene rings is 1. The van der Waals surface area contributed by atoms with Gasteiger partial charge in [-0.15, -0.1) is 0 Å². The number of amides is 1. The van der Waals surface area contributed by atoms with Crippen LogP contribution in [0, 0.1) is 26.7 Å². The molecule has 0 bridgehead atoms. The van der Waals surface area contributed by atoms with E-state index in [0.29, 0.717) is 23.4 Å². The third-order valence-electron chi connectivity index (χ3n) is 8.90. The third kappa shape index (κ3) is 6.39. The Labute approximate surface area is 232 Å². The molecule has 3 N–H and O–H groups in total. The number of hydrogen-bond acceptors (Lipinski definition) is 6. The van der Waals surface area contributed by atoms with Gasteiger partial charge >= 0.3 is 0 Å². The van der Waals surface area contributed by atoms with E-state index in [2.05, 4.69) is 51.4 Å². The Morgan fingerprint density at radius 3 is 2.56 bits per heavy atom. The lowest BCUT2D eigenvalue weighted by Gasteiger charge is -2.37. The van der Waals surface area contributed by atoms with E-state index in [-0.39, 0.29) is 18.0 Å². The maximum absolute atomic E-state index is 13.7. The molecule has 2 aromatic rings. The normalized spacial score (nSPS) is 22.1. The molecule has 8 heteroatoms. The molecular formula is C31H45N5O3. The van der Waals surface area contributed by atoms with Crippen LogP contribution >= 0.6 is 0 Å². The maximum atomic E-state index is 13.7. The van der Waals surface area contributed by atoms with Gasteiger partial charge in [0.25, 0.3) is 11.5 Å². The second kappa shape index (κ2) is 12.2. The number of rotatable bonds is 9. The summed E-state index contributed by atoms with van der Waals surface area (Å²) in [6.45, 7) is 16.2. The lowest BCUT2D eigenvalue weighted by atomic mass is 9.96. The molecule has 0 spiro atoms. The third-order valence-corrected chi connectivity index (χ3v) is 8.90. The van der Waals surface area contributed by atoms with Crippen molar-refractivity contribution in [3.05, 3.63) is 62.1 Å². The summed E-state index contributed by atoms with van der Waals surface area (Å²) in [5.41, 5.74) is 6.38. The number of pyridine rings is 1. The Morgan fingerprint density at radius 2 is 1.87 bits per heavy atom. The highest BCUT2D eigenvalue weighted by molar-refractivity contribution is 5.97. The highest BCUT2D eigenvalue weighted by Gasteiger charge is 2.40. The number of hydrogen-bond donors (Lipinski definition) is 3. The first kappa shape index (κ1) is 27.9. The molecule has 1 aliphatic carbocycles. The lowest BCUT2D eigenvalue weighted by molar-refractivity contribution is 0.0845. The smallest absolute Gasteiger partial charge is 0.253 e. The fourth-order valence-corrected chi connectivity index (χ4v) is 6.54. The average molecular weight is 536 g/mol. The number of aromatic amines is 1. The van der Waals surface area contributed by atoms with Crippen LogP contribution in [0.25, 0.3) is 0 Å². The fraction of sp³-hybridized carbons (Fsp3) is 0.613. The van der Waals surface area contributed by atoms with E-state index >= 15 is 0 Å². The summed E-state index contributed by atoms with van der Waals surface area (Å²) in [4.78, 5) is 34.2. The van der Waals surface area contributed by atoms with E-state index in [4.69, 9.17) is 4.74 Å². The minimum Gasteiger partial charge on any atom is -0.381 e. The number of H-pyrrole nitrogens is 1. The number of carbonyl (C=O) groups excluding carboxylic acids is 1. The molecule has 2 atom stereocenters. The number of anilines is 1. The van der Waals surface area contributed by atoms with Crippen molar-refractivity contribution in [2.75, 3.05) is 57.4 Å². The Bertz CT molecular complexity index is 1230. The molecule has 3 fully saturated rings. The van der Waals surface area contributed by atoms with Crippen molar-refractivity contribution in [3.63, 3.8) is 0 Å². The van der Waals surface area contributed by atoms with Crippen LogP contribution in [0.3, 0.4) is 0 Å². The monoisotopic (exact) mass is 535 g/mol. The first-order valence-electron chi connectivity index (χ1n) is 14.7. The van der Waals surface area contributed by atoms with Crippen LogP contribution in [0.2, 0.25) is 0 Å². The largest absolute Gasteiger partial charge is 0.381 e. The highest BCUT2D eigenvalue weighted by Crippen LogP contribution is 2.49. The Kier molecular flexibility index (Phi) is 8.74. The quantitative estimate of drug-likeness (QED) is 0.457. The lowest BCUT2D eigenvalue weighted by Crippen LogP contribution is -2.44. The molecule has 1 aromatic carbocycles. The van der Waals surface area contributed by atoms with Crippen LogP contribution in [-0.4, -0.2) is 74.3 Å². The summed E-state index contributed by atoms with van der Waals surface area (Å²) in [5.74, 6) is 1.01. The molecule has 8 nitrogen and oxygen atoms in total. The summed E-state index contributed by atoms with van der Waals surface area (Å²) < 4.78 is 5.65. The molecule has 3 heterocycles. The molecule has 3 aliphatic rings. The minimum absolute atomic E-state index is 0.114. The van der Waals surface area contributed by atoms with Gasteiger partial charge in [-0.25, -0.2) is 0 Å². The van der Waals surface area contributed by atoms with Crippen LogP contribution in [0.4, 0.5) is 5.69 Å². The van der Waals surface area contributed by atoms with Crippen molar-refractivity contribution in [3.8, 4) is 0 Å². The summed E-state index contributed by atoms with van der Waals surface area (Å²) in [7, 11) is 0. The number of aromatic nitrogens is 1. The van der Waals surface area contributed by atoms with Gasteiger partial charge in [0.05, 0.1) is 0 Å². The topological polar surface area (TPSA) is 89.7 Å². The molecule has 1 saturated carbocycles. The molecule has 0 radical (unpaired) electrons. The van der Waals surface area contributed by atoms with Gasteiger partial charge < -0.3 is 30.2 Å². The molecule has 1 amide bonds. The van der Waals surface area contributed by atoms with E-state index in [0.717, 1.165) is 87.7 Å². The van der Waals surface area contributed by atoms with Gasteiger partial charge in [-0.2, -0.15) is 0 Å². The first-order valence-corrected chi connectivity index (χ1v) is 14.7. The predicted octanol–water partition coefficient (Wildman–Crippen LogP) is 3.24. The molecule has 5 rings (SSSR count). The van der Waals surface area contributed by atoms with Crippen molar-refractivity contribution in [2.24, 2.45) is 5.92 Å². The number of aryl methyl sites for hydroxylation is 2. The van der Waals surface area contributed by atoms with Crippen LogP contribution in [0.1, 0.15) is 70.4 Å². The van der Waals surface area contributed by atoms with Gasteiger partial charge in [0.1, 0.15) is 0 Å². The minimum atomic E-state index is -0.135. The SMILES string of the molecule is CCN(c1cc(C2CC2CN2CCNCC2)cc(C(=O)NCc2c(C)cc(C)[nH]c2=O)c1C)C1CCOCC1.